The Bertz CT molecular complexity index is 539. The van der Waals surface area contributed by atoms with Gasteiger partial charge in [0.05, 0.1) is 11.3 Å². The summed E-state index contributed by atoms with van der Waals surface area (Å²) in [5.41, 5.74) is 3.05. The first-order valence-electron chi connectivity index (χ1n) is 4.96. The van der Waals surface area contributed by atoms with E-state index < -0.39 is 11.7 Å². The van der Waals surface area contributed by atoms with Gasteiger partial charge >= 0.3 is 0 Å². The number of rotatable bonds is 0. The molecule has 0 spiro atoms. The Kier molecular flexibility index (Phi) is 1.87. The standard InChI is InChI=1S/C11H9ClN2O2/c1-14-3-6-7(4-14)9-5(2-8(6)12)10(15)11(16)13-9/h2H,3-4H2,1H3,(H,13,15,16). The van der Waals surface area contributed by atoms with Gasteiger partial charge in [0.2, 0.25) is 0 Å². The van der Waals surface area contributed by atoms with Gasteiger partial charge in [0.15, 0.2) is 0 Å². The van der Waals surface area contributed by atoms with Crippen LogP contribution in [0.2, 0.25) is 5.02 Å². The van der Waals surface area contributed by atoms with Gasteiger partial charge in [-0.25, -0.2) is 0 Å². The average Bonchev–Trinajstić information content (AvgIpc) is 2.73. The lowest BCUT2D eigenvalue weighted by atomic mass is 10.0. The first-order chi connectivity index (χ1) is 7.58. The summed E-state index contributed by atoms with van der Waals surface area (Å²) in [6.07, 6.45) is 0. The monoisotopic (exact) mass is 236 g/mol. The van der Waals surface area contributed by atoms with Gasteiger partial charge in [-0.05, 0) is 24.2 Å². The van der Waals surface area contributed by atoms with Crippen molar-refractivity contribution >= 4 is 29.0 Å². The number of ketones is 1. The first-order valence-corrected chi connectivity index (χ1v) is 5.34. The molecule has 0 saturated heterocycles. The summed E-state index contributed by atoms with van der Waals surface area (Å²) in [5.74, 6) is -1.05. The molecule has 0 bridgehead atoms. The second kappa shape index (κ2) is 3.06. The van der Waals surface area contributed by atoms with Crippen LogP contribution in [0.3, 0.4) is 0 Å². The third-order valence-electron chi connectivity index (χ3n) is 3.04. The number of carbonyl (C=O) groups is 2. The van der Waals surface area contributed by atoms with Crippen molar-refractivity contribution in [2.75, 3.05) is 12.4 Å². The van der Waals surface area contributed by atoms with Crippen LogP contribution in [0, 0.1) is 0 Å². The van der Waals surface area contributed by atoms with E-state index in [0.29, 0.717) is 22.8 Å². The summed E-state index contributed by atoms with van der Waals surface area (Å²) < 4.78 is 0. The lowest BCUT2D eigenvalue weighted by Gasteiger charge is -2.06. The number of hydrogen-bond donors (Lipinski definition) is 1. The zero-order chi connectivity index (χ0) is 11.4. The maximum atomic E-state index is 11.5. The Morgan fingerprint density at radius 3 is 2.75 bits per heavy atom. The molecule has 0 fully saturated rings. The molecule has 3 rings (SSSR count). The van der Waals surface area contributed by atoms with E-state index in [4.69, 9.17) is 11.6 Å². The number of nitrogens with one attached hydrogen (secondary N) is 1. The Balaban J connectivity index is 2.27. The summed E-state index contributed by atoms with van der Waals surface area (Å²) in [6, 6.07) is 1.59. The van der Waals surface area contributed by atoms with Gasteiger partial charge in [-0.15, -0.1) is 0 Å². The normalized spacial score (nSPS) is 18.6. The molecular weight excluding hydrogens is 228 g/mol. The second-order valence-corrected chi connectivity index (χ2v) is 4.60. The topological polar surface area (TPSA) is 49.4 Å². The van der Waals surface area contributed by atoms with E-state index in [9.17, 15) is 9.59 Å². The molecule has 1 aromatic rings. The first kappa shape index (κ1) is 9.81. The molecule has 0 atom stereocenters. The largest absolute Gasteiger partial charge is 0.318 e. The maximum Gasteiger partial charge on any atom is 0.296 e. The molecule has 0 unspecified atom stereocenters. The smallest absolute Gasteiger partial charge is 0.296 e. The van der Waals surface area contributed by atoms with Crippen LogP contribution in [0.15, 0.2) is 6.07 Å². The zero-order valence-electron chi connectivity index (χ0n) is 8.63. The molecule has 0 aliphatic carbocycles. The molecule has 82 valence electrons. The van der Waals surface area contributed by atoms with E-state index >= 15 is 0 Å². The number of fused-ring (bicyclic) bond motifs is 3. The highest BCUT2D eigenvalue weighted by Crippen LogP contribution is 2.39. The SMILES string of the molecule is CN1Cc2c(Cl)cc3c(c2C1)NC(=O)C3=O. The summed E-state index contributed by atoms with van der Waals surface area (Å²) >= 11 is 6.11. The number of hydrogen-bond acceptors (Lipinski definition) is 3. The summed E-state index contributed by atoms with van der Waals surface area (Å²) in [7, 11) is 1.97. The number of carbonyl (C=O) groups excluding carboxylic acids is 2. The Hall–Kier alpha value is -1.39. The predicted octanol–water partition coefficient (Wildman–Crippen LogP) is 1.42. The average molecular weight is 237 g/mol. The minimum absolute atomic E-state index is 0.407. The van der Waals surface area contributed by atoms with Gasteiger partial charge < -0.3 is 5.32 Å². The zero-order valence-corrected chi connectivity index (χ0v) is 9.39. The Morgan fingerprint density at radius 2 is 2.00 bits per heavy atom. The van der Waals surface area contributed by atoms with Crippen LogP contribution in [-0.2, 0) is 17.9 Å². The fourth-order valence-corrected chi connectivity index (χ4v) is 2.58. The van der Waals surface area contributed by atoms with Crippen LogP contribution in [0.5, 0.6) is 0 Å². The molecule has 16 heavy (non-hydrogen) atoms. The van der Waals surface area contributed by atoms with Crippen molar-refractivity contribution in [1.82, 2.24) is 4.90 Å². The highest BCUT2D eigenvalue weighted by Gasteiger charge is 2.34. The molecule has 5 heteroatoms. The highest BCUT2D eigenvalue weighted by atomic mass is 35.5. The van der Waals surface area contributed by atoms with E-state index in [2.05, 4.69) is 10.2 Å². The van der Waals surface area contributed by atoms with Crippen molar-refractivity contribution in [2.45, 2.75) is 13.1 Å². The number of benzene rings is 1. The maximum absolute atomic E-state index is 11.5. The molecule has 1 amide bonds. The molecule has 0 radical (unpaired) electrons. The van der Waals surface area contributed by atoms with E-state index in [1.165, 1.54) is 0 Å². The van der Waals surface area contributed by atoms with Crippen molar-refractivity contribution in [2.24, 2.45) is 0 Å². The Labute approximate surface area is 97.2 Å². The molecule has 2 aliphatic heterocycles. The van der Waals surface area contributed by atoms with Gasteiger partial charge in [-0.2, -0.15) is 0 Å². The van der Waals surface area contributed by atoms with Crippen molar-refractivity contribution in [1.29, 1.82) is 0 Å². The van der Waals surface area contributed by atoms with E-state index in [1.807, 2.05) is 7.05 Å². The molecule has 2 aliphatic rings. The van der Waals surface area contributed by atoms with E-state index in [-0.39, 0.29) is 0 Å². The van der Waals surface area contributed by atoms with E-state index in [1.54, 1.807) is 6.07 Å². The number of Topliss-reactive ketones (excluding diaryl/α,β-unsaturated/α-hetero) is 1. The molecule has 1 aromatic carbocycles. The lowest BCUT2D eigenvalue weighted by Crippen LogP contribution is -2.13. The number of anilines is 1. The van der Waals surface area contributed by atoms with Gasteiger partial charge in [-0.3, -0.25) is 14.5 Å². The number of amides is 1. The second-order valence-electron chi connectivity index (χ2n) is 4.19. The fourth-order valence-electron chi connectivity index (χ4n) is 2.30. The van der Waals surface area contributed by atoms with Gasteiger partial charge in [0.1, 0.15) is 0 Å². The molecular formula is C11H9ClN2O2. The molecule has 1 N–H and O–H groups in total. The van der Waals surface area contributed by atoms with Crippen LogP contribution in [0.4, 0.5) is 5.69 Å². The van der Waals surface area contributed by atoms with Crippen LogP contribution in [0.25, 0.3) is 0 Å². The van der Waals surface area contributed by atoms with Crippen LogP contribution in [-0.4, -0.2) is 23.6 Å². The molecule has 0 saturated carbocycles. The van der Waals surface area contributed by atoms with Crippen LogP contribution >= 0.6 is 11.6 Å². The summed E-state index contributed by atoms with van der Waals surface area (Å²) in [5, 5.41) is 3.19. The van der Waals surface area contributed by atoms with Crippen molar-refractivity contribution in [3.05, 3.63) is 27.8 Å². The number of nitrogens with zero attached hydrogens (tertiary/aromatic N) is 1. The van der Waals surface area contributed by atoms with Crippen molar-refractivity contribution < 1.29 is 9.59 Å². The van der Waals surface area contributed by atoms with E-state index in [0.717, 1.165) is 17.7 Å². The molecule has 4 nitrogen and oxygen atoms in total. The minimum Gasteiger partial charge on any atom is -0.318 e. The van der Waals surface area contributed by atoms with Gasteiger partial charge in [0, 0.05) is 18.1 Å². The van der Waals surface area contributed by atoms with Crippen molar-refractivity contribution in [3.63, 3.8) is 0 Å². The summed E-state index contributed by atoms with van der Waals surface area (Å²) in [6.45, 7) is 1.47. The third-order valence-corrected chi connectivity index (χ3v) is 3.38. The van der Waals surface area contributed by atoms with Crippen LogP contribution in [0.1, 0.15) is 21.5 Å². The summed E-state index contributed by atoms with van der Waals surface area (Å²) in [4.78, 5) is 24.9. The molecule has 0 aromatic heterocycles. The van der Waals surface area contributed by atoms with Gasteiger partial charge in [0.25, 0.3) is 11.7 Å². The lowest BCUT2D eigenvalue weighted by molar-refractivity contribution is -0.112. The fraction of sp³-hybridized carbons (Fsp3) is 0.273. The van der Waals surface area contributed by atoms with Crippen molar-refractivity contribution in [3.8, 4) is 0 Å². The quantitative estimate of drug-likeness (QED) is 0.693. The molecule has 2 heterocycles. The number of halogens is 1. The predicted molar refractivity (Wildman–Crippen MR) is 59.6 cm³/mol. The highest BCUT2D eigenvalue weighted by molar-refractivity contribution is 6.52. The Morgan fingerprint density at radius 1 is 1.31 bits per heavy atom. The van der Waals surface area contributed by atoms with Gasteiger partial charge in [-0.1, -0.05) is 11.6 Å². The minimum atomic E-state index is -0.561. The van der Waals surface area contributed by atoms with Crippen LogP contribution < -0.4 is 5.32 Å². The third kappa shape index (κ3) is 1.14.